The molecule has 2 aromatic rings. The standard InChI is InChI=1S/C18H21N3O2S/c1-11(2)15-10-24-18(21-15)13(8-19)16(22)14-9-23-17(20-14)12-6-4-3-5-7-12/h9-13H,3-7H2,1-2H3/t13-/m1/s1. The number of hydrogen-bond donors (Lipinski definition) is 0. The molecule has 0 saturated heterocycles. The number of rotatable bonds is 5. The molecule has 1 aliphatic rings. The highest BCUT2D eigenvalue weighted by Crippen LogP contribution is 2.33. The number of ketones is 1. The number of oxazole rings is 1. The first-order valence-electron chi connectivity index (χ1n) is 8.44. The lowest BCUT2D eigenvalue weighted by Crippen LogP contribution is -2.12. The van der Waals surface area contributed by atoms with Crippen molar-refractivity contribution in [1.82, 2.24) is 9.97 Å². The summed E-state index contributed by atoms with van der Waals surface area (Å²) >= 11 is 1.36. The molecule has 2 aromatic heterocycles. The van der Waals surface area contributed by atoms with Crippen LogP contribution in [-0.2, 0) is 0 Å². The third kappa shape index (κ3) is 3.41. The van der Waals surface area contributed by atoms with Gasteiger partial charge in [-0.15, -0.1) is 11.3 Å². The van der Waals surface area contributed by atoms with Gasteiger partial charge in [0.1, 0.15) is 17.0 Å². The highest BCUT2D eigenvalue weighted by molar-refractivity contribution is 7.10. The Kier molecular flexibility index (Phi) is 5.10. The number of Topliss-reactive ketones (excluding diaryl/α,β-unsaturated/α-hetero) is 1. The second-order valence-corrected chi connectivity index (χ2v) is 7.49. The van der Waals surface area contributed by atoms with Crippen molar-refractivity contribution >= 4 is 17.1 Å². The molecule has 0 N–H and O–H groups in total. The fourth-order valence-electron chi connectivity index (χ4n) is 3.01. The van der Waals surface area contributed by atoms with E-state index in [0.717, 1.165) is 18.5 Å². The fraction of sp³-hybridized carbons (Fsp3) is 0.556. The molecule has 24 heavy (non-hydrogen) atoms. The smallest absolute Gasteiger partial charge is 0.208 e. The van der Waals surface area contributed by atoms with Gasteiger partial charge in [0.15, 0.2) is 11.8 Å². The molecule has 1 saturated carbocycles. The molecule has 3 rings (SSSR count). The summed E-state index contributed by atoms with van der Waals surface area (Å²) < 4.78 is 5.54. The summed E-state index contributed by atoms with van der Waals surface area (Å²) in [6.45, 7) is 4.08. The monoisotopic (exact) mass is 343 g/mol. The predicted octanol–water partition coefficient (Wildman–Crippen LogP) is 4.79. The summed E-state index contributed by atoms with van der Waals surface area (Å²) in [5.74, 6) is -0.0286. The van der Waals surface area contributed by atoms with Gasteiger partial charge in [-0.05, 0) is 18.8 Å². The van der Waals surface area contributed by atoms with Crippen LogP contribution in [0.1, 0.15) is 90.8 Å². The van der Waals surface area contributed by atoms with E-state index in [1.54, 1.807) is 0 Å². The molecule has 0 aliphatic heterocycles. The summed E-state index contributed by atoms with van der Waals surface area (Å²) in [5.41, 5.74) is 1.15. The van der Waals surface area contributed by atoms with Gasteiger partial charge in [0.25, 0.3) is 0 Å². The molecule has 0 radical (unpaired) electrons. The van der Waals surface area contributed by atoms with Crippen LogP contribution in [0.4, 0.5) is 0 Å². The van der Waals surface area contributed by atoms with Gasteiger partial charge in [-0.25, -0.2) is 9.97 Å². The summed E-state index contributed by atoms with van der Waals surface area (Å²) in [4.78, 5) is 21.5. The van der Waals surface area contributed by atoms with Gasteiger partial charge >= 0.3 is 0 Å². The topological polar surface area (TPSA) is 79.8 Å². The average molecular weight is 343 g/mol. The van der Waals surface area contributed by atoms with Crippen molar-refractivity contribution in [2.24, 2.45) is 0 Å². The number of thiazole rings is 1. The highest BCUT2D eigenvalue weighted by atomic mass is 32.1. The number of carbonyl (C=O) groups excluding carboxylic acids is 1. The maximum absolute atomic E-state index is 12.7. The zero-order valence-corrected chi connectivity index (χ0v) is 14.8. The largest absolute Gasteiger partial charge is 0.448 e. The SMILES string of the molecule is CC(C)c1csc([C@H](C#N)C(=O)c2coc(C3CCCCC3)n2)n1. The molecular weight excluding hydrogens is 322 g/mol. The number of hydrogen-bond acceptors (Lipinski definition) is 6. The molecular formula is C18H21N3O2S. The van der Waals surface area contributed by atoms with Gasteiger partial charge in [-0.2, -0.15) is 5.26 Å². The first-order chi connectivity index (χ1) is 11.6. The number of nitrogens with zero attached hydrogens (tertiary/aromatic N) is 3. The third-order valence-corrected chi connectivity index (χ3v) is 5.43. The van der Waals surface area contributed by atoms with E-state index in [0.29, 0.717) is 16.8 Å². The molecule has 1 fully saturated rings. The van der Waals surface area contributed by atoms with Crippen LogP contribution < -0.4 is 0 Å². The van der Waals surface area contributed by atoms with Crippen molar-refractivity contribution in [2.45, 2.75) is 63.7 Å². The van der Waals surface area contributed by atoms with Gasteiger partial charge in [-0.1, -0.05) is 33.1 Å². The van der Waals surface area contributed by atoms with Gasteiger partial charge in [0.2, 0.25) is 5.78 Å². The Hall–Kier alpha value is -2.00. The zero-order valence-electron chi connectivity index (χ0n) is 14.0. The molecule has 1 atom stereocenters. The van der Waals surface area contributed by atoms with Crippen molar-refractivity contribution in [3.63, 3.8) is 0 Å². The maximum Gasteiger partial charge on any atom is 0.208 e. The minimum absolute atomic E-state index is 0.239. The second-order valence-electron chi connectivity index (χ2n) is 6.60. The normalized spacial score (nSPS) is 16.9. The Morgan fingerprint density at radius 3 is 2.71 bits per heavy atom. The molecule has 126 valence electrons. The van der Waals surface area contributed by atoms with Gasteiger partial charge < -0.3 is 4.42 Å². The van der Waals surface area contributed by atoms with Crippen molar-refractivity contribution in [3.8, 4) is 6.07 Å². The van der Waals surface area contributed by atoms with Gasteiger partial charge in [0.05, 0.1) is 11.8 Å². The molecule has 0 spiro atoms. The van der Waals surface area contributed by atoms with Crippen molar-refractivity contribution in [2.75, 3.05) is 0 Å². The molecule has 0 unspecified atom stereocenters. The van der Waals surface area contributed by atoms with Crippen LogP contribution in [0.5, 0.6) is 0 Å². The van der Waals surface area contributed by atoms with E-state index in [-0.39, 0.29) is 17.4 Å². The third-order valence-electron chi connectivity index (χ3n) is 4.50. The Morgan fingerprint density at radius 2 is 2.08 bits per heavy atom. The van der Waals surface area contributed by atoms with Crippen LogP contribution in [0.2, 0.25) is 0 Å². The van der Waals surface area contributed by atoms with E-state index in [1.807, 2.05) is 19.2 Å². The number of nitriles is 1. The van der Waals surface area contributed by atoms with Crippen molar-refractivity contribution < 1.29 is 9.21 Å². The Bertz CT molecular complexity index is 750. The summed E-state index contributed by atoms with van der Waals surface area (Å²) in [6, 6.07) is 2.07. The van der Waals surface area contributed by atoms with Crippen LogP contribution in [0.15, 0.2) is 16.1 Å². The molecule has 0 bridgehead atoms. The van der Waals surface area contributed by atoms with Gasteiger partial charge in [0, 0.05) is 11.3 Å². The minimum Gasteiger partial charge on any atom is -0.448 e. The van der Waals surface area contributed by atoms with Crippen LogP contribution >= 0.6 is 11.3 Å². The van der Waals surface area contributed by atoms with Crippen molar-refractivity contribution in [3.05, 3.63) is 33.9 Å². The predicted molar refractivity (Wildman–Crippen MR) is 91.2 cm³/mol. The van der Waals surface area contributed by atoms with Crippen LogP contribution in [0.25, 0.3) is 0 Å². The molecule has 6 heteroatoms. The minimum atomic E-state index is -0.910. The summed E-state index contributed by atoms with van der Waals surface area (Å²) in [7, 11) is 0. The van der Waals surface area contributed by atoms with E-state index >= 15 is 0 Å². The van der Waals surface area contributed by atoms with E-state index in [1.165, 1.54) is 36.9 Å². The average Bonchev–Trinajstić information content (AvgIpc) is 3.26. The number of carbonyl (C=O) groups is 1. The maximum atomic E-state index is 12.7. The van der Waals surface area contributed by atoms with Gasteiger partial charge in [-0.3, -0.25) is 4.79 Å². The molecule has 1 aliphatic carbocycles. The lowest BCUT2D eigenvalue weighted by Gasteiger charge is -2.17. The summed E-state index contributed by atoms with van der Waals surface area (Å²) in [5, 5.41) is 11.9. The van der Waals surface area contributed by atoms with E-state index in [9.17, 15) is 10.1 Å². The molecule has 0 amide bonds. The van der Waals surface area contributed by atoms with Crippen LogP contribution in [-0.4, -0.2) is 15.8 Å². The van der Waals surface area contributed by atoms with Crippen LogP contribution in [0, 0.1) is 11.3 Å². The molecule has 5 nitrogen and oxygen atoms in total. The Labute approximate surface area is 145 Å². The fourth-order valence-corrected chi connectivity index (χ4v) is 4.03. The van der Waals surface area contributed by atoms with Crippen molar-refractivity contribution in [1.29, 1.82) is 5.26 Å². The second kappa shape index (κ2) is 7.27. The Balaban J connectivity index is 1.78. The Morgan fingerprint density at radius 1 is 1.33 bits per heavy atom. The van der Waals surface area contributed by atoms with E-state index in [4.69, 9.17) is 4.42 Å². The van der Waals surface area contributed by atoms with E-state index < -0.39 is 5.92 Å². The summed E-state index contributed by atoms with van der Waals surface area (Å²) in [6.07, 6.45) is 7.11. The first kappa shape index (κ1) is 16.8. The van der Waals surface area contributed by atoms with E-state index in [2.05, 4.69) is 16.0 Å². The molecule has 2 heterocycles. The highest BCUT2D eigenvalue weighted by Gasteiger charge is 2.29. The quantitative estimate of drug-likeness (QED) is 0.729. The number of aromatic nitrogens is 2. The molecule has 0 aromatic carbocycles. The first-order valence-corrected chi connectivity index (χ1v) is 9.32. The lowest BCUT2D eigenvalue weighted by atomic mass is 9.89. The lowest BCUT2D eigenvalue weighted by molar-refractivity contribution is 0.0974. The van der Waals surface area contributed by atoms with Crippen LogP contribution in [0.3, 0.4) is 0 Å². The zero-order chi connectivity index (χ0) is 17.1.